The second kappa shape index (κ2) is 5.11. The minimum atomic E-state index is 0.399. The Balaban J connectivity index is 1.89. The van der Waals surface area contributed by atoms with Crippen LogP contribution in [0.15, 0.2) is 47.2 Å². The monoisotopic (exact) mass is 302 g/mol. The lowest BCUT2D eigenvalue weighted by Gasteiger charge is -2.27. The van der Waals surface area contributed by atoms with Gasteiger partial charge in [0.2, 0.25) is 0 Å². The Morgan fingerprint density at radius 3 is 2.94 bits per heavy atom. The van der Waals surface area contributed by atoms with E-state index in [2.05, 4.69) is 56.6 Å². The van der Waals surface area contributed by atoms with Gasteiger partial charge in [-0.2, -0.15) is 0 Å². The Bertz CT molecular complexity index is 554. The third kappa shape index (κ3) is 2.27. The lowest BCUT2D eigenvalue weighted by atomic mass is 9.87. The summed E-state index contributed by atoms with van der Waals surface area (Å²) < 4.78 is 0.882. The van der Waals surface area contributed by atoms with Crippen molar-refractivity contribution in [3.8, 4) is 0 Å². The molecule has 1 aliphatic carbocycles. The van der Waals surface area contributed by atoms with E-state index in [-0.39, 0.29) is 0 Å². The van der Waals surface area contributed by atoms with E-state index in [1.807, 2.05) is 6.07 Å². The molecule has 0 spiro atoms. The number of aryl methyl sites for hydroxylation is 1. The van der Waals surface area contributed by atoms with Crippen LogP contribution >= 0.6 is 15.9 Å². The smallest absolute Gasteiger partial charge is 0.129 e. The molecule has 2 nitrogen and oxygen atoms in total. The number of nitrogens with zero attached hydrogens (tertiary/aromatic N) is 1. The van der Waals surface area contributed by atoms with Crippen molar-refractivity contribution in [3.63, 3.8) is 0 Å². The van der Waals surface area contributed by atoms with Gasteiger partial charge in [0.25, 0.3) is 0 Å². The number of hydrogen-bond acceptors (Lipinski definition) is 2. The van der Waals surface area contributed by atoms with Crippen molar-refractivity contribution in [1.82, 2.24) is 4.98 Å². The largest absolute Gasteiger partial charge is 0.376 e. The molecular weight excluding hydrogens is 288 g/mol. The van der Waals surface area contributed by atoms with Crippen LogP contribution in [0.25, 0.3) is 0 Å². The van der Waals surface area contributed by atoms with E-state index < -0.39 is 0 Å². The van der Waals surface area contributed by atoms with Gasteiger partial charge in [-0.05, 0) is 58.5 Å². The number of fused-ring (bicyclic) bond motifs is 1. The van der Waals surface area contributed by atoms with Gasteiger partial charge in [0.05, 0.1) is 11.7 Å². The number of pyridine rings is 1. The van der Waals surface area contributed by atoms with Crippen LogP contribution in [0, 0.1) is 0 Å². The molecule has 3 heteroatoms. The zero-order valence-corrected chi connectivity index (χ0v) is 11.7. The summed E-state index contributed by atoms with van der Waals surface area (Å²) in [6.07, 6.45) is 5.41. The SMILES string of the molecule is Brc1ncccc1NC1CCCc2ccccc21. The molecule has 2 aromatic rings. The molecule has 1 unspecified atom stereocenters. The second-order valence-electron chi connectivity index (χ2n) is 4.63. The number of rotatable bonds is 2. The molecule has 1 atom stereocenters. The van der Waals surface area contributed by atoms with Gasteiger partial charge in [0.1, 0.15) is 4.60 Å². The Morgan fingerprint density at radius 1 is 1.17 bits per heavy atom. The summed E-state index contributed by atoms with van der Waals surface area (Å²) in [6, 6.07) is 13.1. The van der Waals surface area contributed by atoms with E-state index in [0.29, 0.717) is 6.04 Å². The Morgan fingerprint density at radius 2 is 2.06 bits per heavy atom. The number of aromatic nitrogens is 1. The highest BCUT2D eigenvalue weighted by atomic mass is 79.9. The van der Waals surface area contributed by atoms with Crippen LogP contribution in [0.5, 0.6) is 0 Å². The van der Waals surface area contributed by atoms with Crippen LogP contribution in [-0.2, 0) is 6.42 Å². The van der Waals surface area contributed by atoms with Crippen molar-refractivity contribution in [2.24, 2.45) is 0 Å². The molecule has 0 amide bonds. The van der Waals surface area contributed by atoms with E-state index in [1.54, 1.807) is 6.20 Å². The van der Waals surface area contributed by atoms with Gasteiger partial charge < -0.3 is 5.32 Å². The maximum Gasteiger partial charge on any atom is 0.129 e. The zero-order valence-electron chi connectivity index (χ0n) is 10.1. The molecule has 1 aliphatic rings. The molecule has 1 aromatic carbocycles. The Hall–Kier alpha value is -1.35. The fourth-order valence-corrected chi connectivity index (χ4v) is 2.95. The molecular formula is C15H15BrN2. The minimum absolute atomic E-state index is 0.399. The summed E-state index contributed by atoms with van der Waals surface area (Å²) in [4.78, 5) is 4.25. The van der Waals surface area contributed by atoms with E-state index >= 15 is 0 Å². The summed E-state index contributed by atoms with van der Waals surface area (Å²) in [5, 5.41) is 3.60. The first-order chi connectivity index (χ1) is 8.84. The zero-order chi connectivity index (χ0) is 12.4. The molecule has 0 fully saturated rings. The topological polar surface area (TPSA) is 24.9 Å². The summed E-state index contributed by atoms with van der Waals surface area (Å²) in [7, 11) is 0. The molecule has 0 saturated carbocycles. The minimum Gasteiger partial charge on any atom is -0.376 e. The quantitative estimate of drug-likeness (QED) is 0.835. The predicted molar refractivity (Wildman–Crippen MR) is 77.7 cm³/mol. The van der Waals surface area contributed by atoms with Crippen LogP contribution in [0.2, 0.25) is 0 Å². The summed E-state index contributed by atoms with van der Waals surface area (Å²) >= 11 is 3.49. The first-order valence-electron chi connectivity index (χ1n) is 6.29. The van der Waals surface area contributed by atoms with Crippen molar-refractivity contribution in [2.75, 3.05) is 5.32 Å². The van der Waals surface area contributed by atoms with Crippen LogP contribution in [0.4, 0.5) is 5.69 Å². The molecule has 1 heterocycles. The van der Waals surface area contributed by atoms with Crippen molar-refractivity contribution in [2.45, 2.75) is 25.3 Å². The van der Waals surface area contributed by atoms with Gasteiger partial charge in [0, 0.05) is 6.20 Å². The molecule has 0 aliphatic heterocycles. The summed E-state index contributed by atoms with van der Waals surface area (Å²) in [5.41, 5.74) is 3.97. The van der Waals surface area contributed by atoms with Gasteiger partial charge in [-0.1, -0.05) is 24.3 Å². The van der Waals surface area contributed by atoms with Crippen molar-refractivity contribution < 1.29 is 0 Å². The van der Waals surface area contributed by atoms with Gasteiger partial charge in [-0.3, -0.25) is 0 Å². The third-order valence-corrected chi connectivity index (χ3v) is 4.09. The van der Waals surface area contributed by atoms with E-state index in [1.165, 1.54) is 30.4 Å². The second-order valence-corrected chi connectivity index (χ2v) is 5.38. The van der Waals surface area contributed by atoms with E-state index in [9.17, 15) is 0 Å². The molecule has 3 rings (SSSR count). The number of halogens is 1. The lowest BCUT2D eigenvalue weighted by Crippen LogP contribution is -2.17. The predicted octanol–water partition coefficient (Wildman–Crippen LogP) is 4.33. The summed E-state index contributed by atoms with van der Waals surface area (Å²) in [5.74, 6) is 0. The van der Waals surface area contributed by atoms with Crippen molar-refractivity contribution >= 4 is 21.6 Å². The highest BCUT2D eigenvalue weighted by Gasteiger charge is 2.19. The Kier molecular flexibility index (Phi) is 3.33. The first-order valence-corrected chi connectivity index (χ1v) is 7.09. The Labute approximate surface area is 116 Å². The average molecular weight is 303 g/mol. The number of nitrogens with one attached hydrogen (secondary N) is 1. The fourth-order valence-electron chi connectivity index (χ4n) is 2.59. The molecule has 0 saturated heterocycles. The lowest BCUT2D eigenvalue weighted by molar-refractivity contribution is 0.600. The summed E-state index contributed by atoms with van der Waals surface area (Å²) in [6.45, 7) is 0. The van der Waals surface area contributed by atoms with Gasteiger partial charge >= 0.3 is 0 Å². The molecule has 92 valence electrons. The van der Waals surface area contributed by atoms with Gasteiger partial charge in [0.15, 0.2) is 0 Å². The number of anilines is 1. The molecule has 1 N–H and O–H groups in total. The standard InChI is InChI=1S/C15H15BrN2/c16-15-14(9-4-10-17-15)18-13-8-3-6-11-5-1-2-7-12(11)13/h1-2,4-5,7,9-10,13,18H,3,6,8H2. The molecule has 1 aromatic heterocycles. The third-order valence-electron chi connectivity index (χ3n) is 3.46. The highest BCUT2D eigenvalue weighted by molar-refractivity contribution is 9.10. The average Bonchev–Trinajstić information content (AvgIpc) is 2.42. The van der Waals surface area contributed by atoms with E-state index in [0.717, 1.165) is 10.3 Å². The van der Waals surface area contributed by atoms with E-state index in [4.69, 9.17) is 0 Å². The maximum atomic E-state index is 4.25. The van der Waals surface area contributed by atoms with Crippen LogP contribution in [0.1, 0.15) is 30.0 Å². The van der Waals surface area contributed by atoms with Crippen molar-refractivity contribution in [1.29, 1.82) is 0 Å². The van der Waals surface area contributed by atoms with Gasteiger partial charge in [-0.25, -0.2) is 4.98 Å². The fraction of sp³-hybridized carbons (Fsp3) is 0.267. The van der Waals surface area contributed by atoms with Crippen LogP contribution in [0.3, 0.4) is 0 Å². The van der Waals surface area contributed by atoms with Crippen LogP contribution < -0.4 is 5.32 Å². The van der Waals surface area contributed by atoms with Crippen molar-refractivity contribution in [3.05, 3.63) is 58.3 Å². The number of hydrogen-bond donors (Lipinski definition) is 1. The first kappa shape index (κ1) is 11.7. The van der Waals surface area contributed by atoms with Crippen LogP contribution in [-0.4, -0.2) is 4.98 Å². The normalized spacial score (nSPS) is 18.2. The molecule has 0 radical (unpaired) electrons. The molecule has 18 heavy (non-hydrogen) atoms. The highest BCUT2D eigenvalue weighted by Crippen LogP contribution is 2.33. The number of benzene rings is 1. The molecule has 0 bridgehead atoms. The van der Waals surface area contributed by atoms with Gasteiger partial charge in [-0.15, -0.1) is 0 Å². The maximum absolute atomic E-state index is 4.25.